The minimum Gasteiger partial charge on any atom is -0.338 e. The molecular weight excluding hydrogens is 396 g/mol. The van der Waals surface area contributed by atoms with Crippen molar-refractivity contribution in [3.63, 3.8) is 0 Å². The SMILES string of the molecule is Cc1nc(N2C[C@@H]3C[C@H](C2)c2ccc(C(=O)N4CCCC(F)(F)C4)c(=O)n2C3)no1. The van der Waals surface area contributed by atoms with E-state index >= 15 is 0 Å². The molecule has 2 aromatic rings. The second-order valence-electron chi connectivity index (χ2n) is 8.59. The van der Waals surface area contributed by atoms with E-state index in [1.165, 1.54) is 6.07 Å². The maximum absolute atomic E-state index is 13.7. The lowest BCUT2D eigenvalue weighted by molar-refractivity contribution is -0.0560. The topological polar surface area (TPSA) is 84.5 Å². The Morgan fingerprint density at radius 3 is 2.83 bits per heavy atom. The molecule has 0 radical (unpaired) electrons. The van der Waals surface area contributed by atoms with Crippen LogP contribution in [0.2, 0.25) is 0 Å². The van der Waals surface area contributed by atoms with Crippen LogP contribution >= 0.6 is 0 Å². The first-order chi connectivity index (χ1) is 14.3. The summed E-state index contributed by atoms with van der Waals surface area (Å²) in [7, 11) is 0. The van der Waals surface area contributed by atoms with Crippen LogP contribution in [0.4, 0.5) is 14.7 Å². The van der Waals surface area contributed by atoms with E-state index in [9.17, 15) is 18.4 Å². The summed E-state index contributed by atoms with van der Waals surface area (Å²) in [6, 6.07) is 3.30. The third-order valence-corrected chi connectivity index (χ3v) is 6.31. The summed E-state index contributed by atoms with van der Waals surface area (Å²) in [5.41, 5.74) is 0.453. The number of halogens is 2. The van der Waals surface area contributed by atoms with Crippen molar-refractivity contribution in [2.24, 2.45) is 5.92 Å². The number of nitrogens with zero attached hydrogens (tertiary/aromatic N) is 5. The van der Waals surface area contributed by atoms with Gasteiger partial charge in [-0.15, -0.1) is 0 Å². The molecule has 0 aromatic carbocycles. The Kier molecular flexibility index (Phi) is 4.41. The van der Waals surface area contributed by atoms with Crippen molar-refractivity contribution in [1.29, 1.82) is 0 Å². The molecule has 160 valence electrons. The fourth-order valence-electron chi connectivity index (χ4n) is 5.00. The van der Waals surface area contributed by atoms with Gasteiger partial charge in [-0.1, -0.05) is 0 Å². The van der Waals surface area contributed by atoms with Crippen molar-refractivity contribution < 1.29 is 18.1 Å². The Bertz CT molecular complexity index is 1050. The molecule has 5 rings (SSSR count). The normalized spacial score (nSPS) is 25.2. The third kappa shape index (κ3) is 3.27. The van der Waals surface area contributed by atoms with Crippen LogP contribution in [0.3, 0.4) is 0 Å². The molecule has 2 aromatic heterocycles. The fourth-order valence-corrected chi connectivity index (χ4v) is 5.00. The van der Waals surface area contributed by atoms with Crippen LogP contribution in [0.15, 0.2) is 21.5 Å². The Morgan fingerprint density at radius 2 is 2.10 bits per heavy atom. The number of hydrogen-bond donors (Lipinski definition) is 0. The Hall–Kier alpha value is -2.78. The van der Waals surface area contributed by atoms with E-state index in [1.54, 1.807) is 17.6 Å². The Balaban J connectivity index is 1.42. The lowest BCUT2D eigenvalue weighted by Gasteiger charge is -2.42. The molecule has 3 aliphatic rings. The molecule has 0 aliphatic carbocycles. The Labute approximate surface area is 171 Å². The van der Waals surface area contributed by atoms with E-state index in [1.807, 2.05) is 0 Å². The van der Waals surface area contributed by atoms with Gasteiger partial charge in [0, 0.05) is 51.1 Å². The molecule has 3 aliphatic heterocycles. The number of likely N-dealkylation sites (tertiary alicyclic amines) is 1. The van der Waals surface area contributed by atoms with Gasteiger partial charge in [0.2, 0.25) is 5.89 Å². The average molecular weight is 419 g/mol. The summed E-state index contributed by atoms with van der Waals surface area (Å²) in [6.45, 7) is 3.19. The molecule has 2 atom stereocenters. The van der Waals surface area contributed by atoms with Gasteiger partial charge >= 0.3 is 0 Å². The van der Waals surface area contributed by atoms with Gasteiger partial charge in [0.25, 0.3) is 23.3 Å². The van der Waals surface area contributed by atoms with Gasteiger partial charge in [-0.25, -0.2) is 8.78 Å². The van der Waals surface area contributed by atoms with Gasteiger partial charge in [-0.2, -0.15) is 4.98 Å². The molecule has 0 spiro atoms. The predicted molar refractivity (Wildman–Crippen MR) is 103 cm³/mol. The van der Waals surface area contributed by atoms with Crippen molar-refractivity contribution in [1.82, 2.24) is 19.6 Å². The van der Waals surface area contributed by atoms with Crippen LogP contribution in [0, 0.1) is 12.8 Å². The van der Waals surface area contributed by atoms with Gasteiger partial charge < -0.3 is 18.9 Å². The maximum Gasteiger partial charge on any atom is 0.266 e. The zero-order chi connectivity index (χ0) is 21.0. The molecule has 0 saturated carbocycles. The number of aryl methyl sites for hydroxylation is 1. The highest BCUT2D eigenvalue weighted by molar-refractivity contribution is 5.94. The number of pyridine rings is 1. The number of amides is 1. The number of alkyl halides is 2. The zero-order valence-corrected chi connectivity index (χ0v) is 16.7. The van der Waals surface area contributed by atoms with Gasteiger partial charge in [0.05, 0.1) is 6.54 Å². The number of piperidine rings is 2. The largest absolute Gasteiger partial charge is 0.338 e. The van der Waals surface area contributed by atoms with Gasteiger partial charge in [0.1, 0.15) is 5.56 Å². The molecule has 1 amide bonds. The lowest BCUT2D eigenvalue weighted by atomic mass is 9.83. The second kappa shape index (κ2) is 6.88. The van der Waals surface area contributed by atoms with Crippen molar-refractivity contribution in [2.45, 2.75) is 44.6 Å². The summed E-state index contributed by atoms with van der Waals surface area (Å²) < 4.78 is 34.2. The van der Waals surface area contributed by atoms with Crippen molar-refractivity contribution in [2.75, 3.05) is 31.1 Å². The van der Waals surface area contributed by atoms with Crippen molar-refractivity contribution in [3.05, 3.63) is 39.6 Å². The summed E-state index contributed by atoms with van der Waals surface area (Å²) in [5.74, 6) is -2.13. The minimum atomic E-state index is -2.90. The van der Waals surface area contributed by atoms with Crippen LogP contribution in [0.25, 0.3) is 0 Å². The van der Waals surface area contributed by atoms with Gasteiger partial charge in [0.15, 0.2) is 0 Å². The van der Waals surface area contributed by atoms with Crippen LogP contribution in [0.5, 0.6) is 0 Å². The van der Waals surface area contributed by atoms with E-state index < -0.39 is 18.4 Å². The number of carbonyl (C=O) groups excluding carboxylic acids is 1. The lowest BCUT2D eigenvalue weighted by Crippen LogP contribution is -2.50. The van der Waals surface area contributed by atoms with Crippen LogP contribution < -0.4 is 10.5 Å². The van der Waals surface area contributed by atoms with Gasteiger partial charge in [-0.3, -0.25) is 9.59 Å². The molecule has 30 heavy (non-hydrogen) atoms. The molecule has 0 N–H and O–H groups in total. The first kappa shape index (κ1) is 19.2. The van der Waals surface area contributed by atoms with Crippen LogP contribution in [0.1, 0.15) is 47.1 Å². The molecule has 2 bridgehead atoms. The maximum atomic E-state index is 13.7. The molecule has 0 unspecified atom stereocenters. The molecule has 10 heteroatoms. The molecule has 5 heterocycles. The summed E-state index contributed by atoms with van der Waals surface area (Å²) in [6.07, 6.45) is 0.957. The molecule has 2 fully saturated rings. The fraction of sp³-hybridized carbons (Fsp3) is 0.600. The summed E-state index contributed by atoms with van der Waals surface area (Å²) in [5, 5.41) is 4.00. The highest BCUT2D eigenvalue weighted by atomic mass is 19.3. The number of anilines is 1. The van der Waals surface area contributed by atoms with E-state index in [0.717, 1.165) is 17.0 Å². The van der Waals surface area contributed by atoms with Crippen molar-refractivity contribution in [3.8, 4) is 0 Å². The Morgan fingerprint density at radius 1 is 1.27 bits per heavy atom. The predicted octanol–water partition coefficient (Wildman–Crippen LogP) is 2.03. The minimum absolute atomic E-state index is 0.0259. The monoisotopic (exact) mass is 419 g/mol. The summed E-state index contributed by atoms with van der Waals surface area (Å²) >= 11 is 0. The standard InChI is InChI=1S/C20H23F2N5O3/c1-12-23-19(24-30-12)26-8-13-7-14(10-26)16-4-3-15(18(29)27(16)9-13)17(28)25-6-2-5-20(21,22)11-25/h3-4,13-14H,2,5-11H2,1H3/t13-,14+/m0/s1. The van der Waals surface area contributed by atoms with E-state index in [0.29, 0.717) is 31.5 Å². The summed E-state index contributed by atoms with van der Waals surface area (Å²) in [4.78, 5) is 33.4. The number of fused-ring (bicyclic) bond motifs is 4. The third-order valence-electron chi connectivity index (χ3n) is 6.31. The average Bonchev–Trinajstić information content (AvgIpc) is 3.14. The quantitative estimate of drug-likeness (QED) is 0.741. The highest BCUT2D eigenvalue weighted by Crippen LogP contribution is 2.36. The van der Waals surface area contributed by atoms with Crippen molar-refractivity contribution >= 4 is 11.9 Å². The van der Waals surface area contributed by atoms with Crippen LogP contribution in [-0.2, 0) is 6.54 Å². The van der Waals surface area contributed by atoms with E-state index in [4.69, 9.17) is 4.52 Å². The van der Waals surface area contributed by atoms with Crippen LogP contribution in [-0.4, -0.2) is 57.6 Å². The highest BCUT2D eigenvalue weighted by Gasteiger charge is 2.39. The first-order valence-corrected chi connectivity index (χ1v) is 10.3. The molecular formula is C20H23F2N5O3. The first-order valence-electron chi connectivity index (χ1n) is 10.3. The van der Waals surface area contributed by atoms with E-state index in [2.05, 4.69) is 15.0 Å². The molecule has 8 nitrogen and oxygen atoms in total. The molecule has 2 saturated heterocycles. The smallest absolute Gasteiger partial charge is 0.266 e. The van der Waals surface area contributed by atoms with Gasteiger partial charge in [-0.05, 0) is 36.0 Å². The number of hydrogen-bond acceptors (Lipinski definition) is 6. The second-order valence-corrected chi connectivity index (χ2v) is 8.59. The number of carbonyl (C=O) groups is 1. The number of rotatable bonds is 2. The number of aromatic nitrogens is 3. The van der Waals surface area contributed by atoms with E-state index in [-0.39, 0.29) is 42.3 Å². The zero-order valence-electron chi connectivity index (χ0n) is 16.7.